The number of furan rings is 1. The van der Waals surface area contributed by atoms with Crippen molar-refractivity contribution in [3.05, 3.63) is 36.8 Å². The van der Waals surface area contributed by atoms with Gasteiger partial charge in [-0.2, -0.15) is 0 Å². The van der Waals surface area contributed by atoms with Crippen LogP contribution in [0.15, 0.2) is 35.5 Å². The standard InChI is InChI=1S/C13H18O2/c1-4-13(3)8-7-12(15-13)10(2)11-6-5-9-14-11/h4-6,9-10,12H,1,7-8H2,2-3H3. The molecule has 0 bridgehead atoms. The van der Waals surface area contributed by atoms with Gasteiger partial charge in [-0.15, -0.1) is 6.58 Å². The molecule has 0 radical (unpaired) electrons. The van der Waals surface area contributed by atoms with Crippen molar-refractivity contribution in [1.29, 1.82) is 0 Å². The molecule has 1 aliphatic rings. The molecular weight excluding hydrogens is 188 g/mol. The van der Waals surface area contributed by atoms with E-state index in [1.54, 1.807) is 6.26 Å². The van der Waals surface area contributed by atoms with Gasteiger partial charge in [0, 0.05) is 5.92 Å². The number of rotatable bonds is 3. The molecule has 0 aliphatic carbocycles. The first-order valence-electron chi connectivity index (χ1n) is 5.49. The van der Waals surface area contributed by atoms with Gasteiger partial charge < -0.3 is 9.15 Å². The van der Waals surface area contributed by atoms with Crippen LogP contribution < -0.4 is 0 Å². The van der Waals surface area contributed by atoms with Crippen LogP contribution in [-0.4, -0.2) is 11.7 Å². The molecule has 0 N–H and O–H groups in total. The van der Waals surface area contributed by atoms with Crippen LogP contribution in [0.1, 0.15) is 38.4 Å². The van der Waals surface area contributed by atoms with Crippen molar-refractivity contribution in [2.24, 2.45) is 0 Å². The maximum Gasteiger partial charge on any atom is 0.109 e. The highest BCUT2D eigenvalue weighted by atomic mass is 16.5. The third-order valence-electron chi connectivity index (χ3n) is 3.33. The van der Waals surface area contributed by atoms with E-state index in [1.807, 2.05) is 18.2 Å². The molecule has 1 saturated heterocycles. The zero-order valence-corrected chi connectivity index (χ0v) is 9.40. The van der Waals surface area contributed by atoms with E-state index in [0.717, 1.165) is 18.6 Å². The molecule has 0 amide bonds. The van der Waals surface area contributed by atoms with Crippen molar-refractivity contribution < 1.29 is 9.15 Å². The van der Waals surface area contributed by atoms with Crippen LogP contribution in [0.3, 0.4) is 0 Å². The average Bonchev–Trinajstić information content (AvgIpc) is 2.86. The molecule has 1 fully saturated rings. The molecule has 1 aliphatic heterocycles. The zero-order valence-electron chi connectivity index (χ0n) is 9.40. The third kappa shape index (κ3) is 2.00. The second-order valence-corrected chi connectivity index (χ2v) is 4.52. The van der Waals surface area contributed by atoms with Crippen LogP contribution in [0, 0.1) is 0 Å². The molecule has 0 spiro atoms. The fourth-order valence-corrected chi connectivity index (χ4v) is 2.13. The van der Waals surface area contributed by atoms with Gasteiger partial charge in [-0.3, -0.25) is 0 Å². The predicted octanol–water partition coefficient (Wildman–Crippen LogP) is 3.51. The minimum Gasteiger partial charge on any atom is -0.469 e. The van der Waals surface area contributed by atoms with Gasteiger partial charge in [-0.05, 0) is 31.9 Å². The minimum absolute atomic E-state index is 0.147. The SMILES string of the molecule is C=CC1(C)CCC(C(C)c2ccco2)O1. The van der Waals surface area contributed by atoms with Crippen LogP contribution >= 0.6 is 0 Å². The Balaban J connectivity index is 2.05. The predicted molar refractivity (Wildman–Crippen MR) is 59.8 cm³/mol. The van der Waals surface area contributed by atoms with Gasteiger partial charge in [0.25, 0.3) is 0 Å². The zero-order chi connectivity index (χ0) is 10.9. The van der Waals surface area contributed by atoms with Gasteiger partial charge in [-0.25, -0.2) is 0 Å². The van der Waals surface area contributed by atoms with E-state index < -0.39 is 0 Å². The first-order chi connectivity index (χ1) is 7.14. The summed E-state index contributed by atoms with van der Waals surface area (Å²) in [6, 6.07) is 3.94. The Hall–Kier alpha value is -1.02. The van der Waals surface area contributed by atoms with Crippen LogP contribution in [0.2, 0.25) is 0 Å². The number of hydrogen-bond donors (Lipinski definition) is 0. The summed E-state index contributed by atoms with van der Waals surface area (Å²) < 4.78 is 11.4. The second-order valence-electron chi connectivity index (χ2n) is 4.52. The molecule has 3 unspecified atom stereocenters. The van der Waals surface area contributed by atoms with E-state index in [0.29, 0.717) is 5.92 Å². The fourth-order valence-electron chi connectivity index (χ4n) is 2.13. The Kier molecular flexibility index (Phi) is 2.70. The monoisotopic (exact) mass is 206 g/mol. The maximum absolute atomic E-state index is 6.01. The van der Waals surface area contributed by atoms with E-state index in [2.05, 4.69) is 20.4 Å². The highest BCUT2D eigenvalue weighted by molar-refractivity contribution is 5.09. The Labute approximate surface area is 90.9 Å². The summed E-state index contributed by atoms with van der Waals surface area (Å²) in [6.07, 6.45) is 5.99. The first kappa shape index (κ1) is 10.5. The number of hydrogen-bond acceptors (Lipinski definition) is 2. The first-order valence-corrected chi connectivity index (χ1v) is 5.49. The van der Waals surface area contributed by atoms with Crippen molar-refractivity contribution in [1.82, 2.24) is 0 Å². The van der Waals surface area contributed by atoms with Crippen molar-refractivity contribution in [3.8, 4) is 0 Å². The molecule has 2 rings (SSSR count). The smallest absolute Gasteiger partial charge is 0.109 e. The van der Waals surface area contributed by atoms with E-state index in [-0.39, 0.29) is 11.7 Å². The molecule has 82 valence electrons. The largest absolute Gasteiger partial charge is 0.469 e. The Bertz CT molecular complexity index is 328. The maximum atomic E-state index is 6.01. The normalized spacial score (nSPS) is 32.8. The number of ether oxygens (including phenoxy) is 1. The van der Waals surface area contributed by atoms with Gasteiger partial charge in [0.1, 0.15) is 5.76 Å². The summed E-state index contributed by atoms with van der Waals surface area (Å²) in [5, 5.41) is 0. The molecule has 2 nitrogen and oxygen atoms in total. The van der Waals surface area contributed by atoms with Gasteiger partial charge in [0.05, 0.1) is 18.0 Å². The lowest BCUT2D eigenvalue weighted by molar-refractivity contribution is -0.00798. The lowest BCUT2D eigenvalue weighted by Crippen LogP contribution is -2.24. The molecule has 2 heteroatoms. The van der Waals surface area contributed by atoms with Gasteiger partial charge >= 0.3 is 0 Å². The highest BCUT2D eigenvalue weighted by Gasteiger charge is 2.37. The van der Waals surface area contributed by atoms with Gasteiger partial charge in [0.2, 0.25) is 0 Å². The second kappa shape index (κ2) is 3.86. The lowest BCUT2D eigenvalue weighted by atomic mass is 9.97. The van der Waals surface area contributed by atoms with Crippen LogP contribution in [0.5, 0.6) is 0 Å². The van der Waals surface area contributed by atoms with Crippen molar-refractivity contribution >= 4 is 0 Å². The van der Waals surface area contributed by atoms with Crippen molar-refractivity contribution in [2.45, 2.75) is 44.3 Å². The summed E-state index contributed by atoms with van der Waals surface area (Å²) in [4.78, 5) is 0. The van der Waals surface area contributed by atoms with E-state index in [9.17, 15) is 0 Å². The summed E-state index contributed by atoms with van der Waals surface area (Å²) in [7, 11) is 0. The molecule has 1 aromatic heterocycles. The summed E-state index contributed by atoms with van der Waals surface area (Å²) in [6.45, 7) is 8.07. The molecule has 15 heavy (non-hydrogen) atoms. The lowest BCUT2D eigenvalue weighted by Gasteiger charge is -2.23. The van der Waals surface area contributed by atoms with Crippen LogP contribution in [0.4, 0.5) is 0 Å². The third-order valence-corrected chi connectivity index (χ3v) is 3.33. The van der Waals surface area contributed by atoms with Gasteiger partial charge in [0.15, 0.2) is 0 Å². The minimum atomic E-state index is -0.147. The molecule has 0 aromatic carbocycles. The van der Waals surface area contributed by atoms with Gasteiger partial charge in [-0.1, -0.05) is 13.0 Å². The molecule has 3 atom stereocenters. The molecule has 0 saturated carbocycles. The van der Waals surface area contributed by atoms with E-state index in [4.69, 9.17) is 9.15 Å². The Morgan fingerprint density at radius 3 is 3.00 bits per heavy atom. The summed E-state index contributed by atoms with van der Waals surface area (Å²) in [5.41, 5.74) is -0.147. The Morgan fingerprint density at radius 1 is 1.67 bits per heavy atom. The quantitative estimate of drug-likeness (QED) is 0.706. The average molecular weight is 206 g/mol. The fraction of sp³-hybridized carbons (Fsp3) is 0.538. The summed E-state index contributed by atoms with van der Waals surface area (Å²) >= 11 is 0. The van der Waals surface area contributed by atoms with Crippen molar-refractivity contribution in [3.63, 3.8) is 0 Å². The van der Waals surface area contributed by atoms with Crippen LogP contribution in [-0.2, 0) is 4.74 Å². The topological polar surface area (TPSA) is 22.4 Å². The molecule has 2 heterocycles. The highest BCUT2D eigenvalue weighted by Crippen LogP contribution is 2.37. The van der Waals surface area contributed by atoms with Crippen LogP contribution in [0.25, 0.3) is 0 Å². The molecule has 1 aromatic rings. The molecular formula is C13H18O2. The summed E-state index contributed by atoms with van der Waals surface area (Å²) in [5.74, 6) is 1.33. The Morgan fingerprint density at radius 2 is 2.47 bits per heavy atom. The van der Waals surface area contributed by atoms with E-state index in [1.165, 1.54) is 0 Å². The van der Waals surface area contributed by atoms with Crippen molar-refractivity contribution in [2.75, 3.05) is 0 Å². The van der Waals surface area contributed by atoms with E-state index >= 15 is 0 Å².